The van der Waals surface area contributed by atoms with E-state index in [0.717, 1.165) is 29.1 Å². The van der Waals surface area contributed by atoms with Gasteiger partial charge in [-0.2, -0.15) is 0 Å². The Labute approximate surface area is 176 Å². The number of fused-ring (bicyclic) bond motifs is 5. The zero-order valence-electron chi connectivity index (χ0n) is 19.5. The normalized spacial score (nSPS) is 55.4. The molecule has 0 aromatic rings. The summed E-state index contributed by atoms with van der Waals surface area (Å²) in [4.78, 5) is 0. The van der Waals surface area contributed by atoms with Crippen molar-refractivity contribution in [2.45, 2.75) is 106 Å². The van der Waals surface area contributed by atoms with Crippen LogP contribution in [0.4, 0.5) is 0 Å². The van der Waals surface area contributed by atoms with Crippen LogP contribution in [-0.2, 0) is 0 Å². The molecule has 0 aromatic heterocycles. The second-order valence-electron chi connectivity index (χ2n) is 12.5. The van der Waals surface area contributed by atoms with Crippen LogP contribution < -0.4 is 0 Å². The fourth-order valence-corrected chi connectivity index (χ4v) is 9.47. The molecule has 4 saturated carbocycles. The molecule has 0 bridgehead atoms. The Hall–Kier alpha value is -0.520. The lowest BCUT2D eigenvalue weighted by molar-refractivity contribution is 0.00640. The highest BCUT2D eigenvalue weighted by Crippen LogP contribution is 2.77. The molecule has 5 rings (SSSR count). The molecule has 8 atom stereocenters. The first-order valence-electron chi connectivity index (χ1n) is 12.6. The SMILES string of the molecule is C/C=C(\C)[C@H]1CCC2[C@@H]3CC[C@@H]4C[C@]5(CC[C@]4(C)C3=CC[C@@]21C)C[C@@]5(C)CC.[HH]. The maximum atomic E-state index is 2.80. The van der Waals surface area contributed by atoms with E-state index in [1.807, 2.05) is 5.57 Å². The predicted molar refractivity (Wildman–Crippen MR) is 122 cm³/mol. The highest BCUT2D eigenvalue weighted by atomic mass is 14.7. The molecule has 0 nitrogen and oxygen atoms in total. The van der Waals surface area contributed by atoms with Crippen LogP contribution in [0.2, 0.25) is 0 Å². The molecule has 28 heavy (non-hydrogen) atoms. The Kier molecular flexibility index (Phi) is 4.17. The van der Waals surface area contributed by atoms with Crippen molar-refractivity contribution in [3.8, 4) is 0 Å². The molecular weight excluding hydrogens is 336 g/mol. The molecule has 0 aromatic carbocycles. The van der Waals surface area contributed by atoms with Crippen molar-refractivity contribution in [3.05, 3.63) is 23.3 Å². The maximum Gasteiger partial charge on any atom is 0 e. The van der Waals surface area contributed by atoms with Crippen LogP contribution in [0.1, 0.15) is 107 Å². The Balaban J connectivity index is 0.00000205. The molecule has 0 radical (unpaired) electrons. The van der Waals surface area contributed by atoms with Gasteiger partial charge >= 0.3 is 0 Å². The highest BCUT2D eigenvalue weighted by Gasteiger charge is 2.67. The van der Waals surface area contributed by atoms with E-state index in [2.05, 4.69) is 53.7 Å². The van der Waals surface area contributed by atoms with E-state index < -0.39 is 0 Å². The van der Waals surface area contributed by atoms with Gasteiger partial charge in [0.2, 0.25) is 0 Å². The third kappa shape index (κ3) is 2.30. The molecular formula is C28H46. The highest BCUT2D eigenvalue weighted by molar-refractivity contribution is 5.32. The van der Waals surface area contributed by atoms with Gasteiger partial charge < -0.3 is 0 Å². The fraction of sp³-hybridized carbons (Fsp3) is 0.857. The van der Waals surface area contributed by atoms with Gasteiger partial charge in [0.25, 0.3) is 0 Å². The van der Waals surface area contributed by atoms with Crippen molar-refractivity contribution in [2.75, 3.05) is 0 Å². The smallest absolute Gasteiger partial charge is 0 e. The summed E-state index contributed by atoms with van der Waals surface area (Å²) in [6.45, 7) is 15.0. The summed E-state index contributed by atoms with van der Waals surface area (Å²) >= 11 is 0. The topological polar surface area (TPSA) is 0 Å². The Bertz CT molecular complexity index is 733. The lowest BCUT2D eigenvalue weighted by atomic mass is 9.47. The van der Waals surface area contributed by atoms with Crippen LogP contribution in [0.3, 0.4) is 0 Å². The molecule has 0 N–H and O–H groups in total. The third-order valence-corrected chi connectivity index (χ3v) is 11.9. The summed E-state index contributed by atoms with van der Waals surface area (Å²) < 4.78 is 0. The molecule has 1 unspecified atom stereocenters. The first-order chi connectivity index (χ1) is 13.2. The molecule has 5 aliphatic rings. The minimum Gasteiger partial charge on any atom is -0.0884 e. The molecule has 0 saturated heterocycles. The van der Waals surface area contributed by atoms with Gasteiger partial charge in [0.15, 0.2) is 0 Å². The Morgan fingerprint density at radius 2 is 1.93 bits per heavy atom. The minimum absolute atomic E-state index is 0. The number of allylic oxidation sites excluding steroid dienone is 4. The van der Waals surface area contributed by atoms with Crippen molar-refractivity contribution in [1.82, 2.24) is 0 Å². The standard InChI is InChI=1S/C28H44.H2/c1-7-19(3)22-11-12-23-21-10-9-20-17-28(18-25(28,4)8-2)16-15-26(20,5)24(21)13-14-27(22,23)6;/h7,13,20-23H,8-12,14-18H2,1-6H3;1H/b19-7+;/t20-,21+,22-,23?,25-,26+,27-,28-;/m1./s1. The van der Waals surface area contributed by atoms with Gasteiger partial charge in [-0.1, -0.05) is 57.4 Å². The zero-order chi connectivity index (χ0) is 19.9. The van der Waals surface area contributed by atoms with E-state index in [0.29, 0.717) is 16.2 Å². The lowest BCUT2D eigenvalue weighted by Gasteiger charge is -2.58. The molecule has 4 fully saturated rings. The lowest BCUT2D eigenvalue weighted by Crippen LogP contribution is -2.48. The monoisotopic (exact) mass is 382 g/mol. The molecule has 158 valence electrons. The van der Waals surface area contributed by atoms with Gasteiger partial charge in [0.05, 0.1) is 0 Å². The summed E-state index contributed by atoms with van der Waals surface area (Å²) in [6, 6.07) is 0. The van der Waals surface area contributed by atoms with Gasteiger partial charge in [-0.15, -0.1) is 0 Å². The van der Waals surface area contributed by atoms with E-state index in [4.69, 9.17) is 0 Å². The summed E-state index contributed by atoms with van der Waals surface area (Å²) in [5, 5.41) is 0. The molecule has 0 heteroatoms. The van der Waals surface area contributed by atoms with Gasteiger partial charge in [-0.05, 0) is 117 Å². The largest absolute Gasteiger partial charge is 0.0884 e. The number of hydrogen-bond donors (Lipinski definition) is 0. The van der Waals surface area contributed by atoms with Crippen molar-refractivity contribution >= 4 is 0 Å². The average Bonchev–Trinajstić information content (AvgIpc) is 3.08. The molecule has 0 heterocycles. The van der Waals surface area contributed by atoms with E-state index in [9.17, 15) is 0 Å². The quantitative estimate of drug-likeness (QED) is 0.419. The average molecular weight is 383 g/mol. The fourth-order valence-electron chi connectivity index (χ4n) is 9.47. The van der Waals surface area contributed by atoms with Gasteiger partial charge in [-0.25, -0.2) is 0 Å². The van der Waals surface area contributed by atoms with Gasteiger partial charge in [-0.3, -0.25) is 0 Å². The minimum atomic E-state index is 0. The van der Waals surface area contributed by atoms with Crippen molar-refractivity contribution < 1.29 is 1.43 Å². The van der Waals surface area contributed by atoms with Crippen molar-refractivity contribution in [2.24, 2.45) is 45.3 Å². The molecule has 1 spiro atoms. The van der Waals surface area contributed by atoms with Gasteiger partial charge in [0, 0.05) is 1.43 Å². The Morgan fingerprint density at radius 1 is 1.14 bits per heavy atom. The van der Waals surface area contributed by atoms with Crippen LogP contribution in [0.15, 0.2) is 23.3 Å². The number of hydrogen-bond acceptors (Lipinski definition) is 0. The summed E-state index contributed by atoms with van der Waals surface area (Å²) in [7, 11) is 0. The van der Waals surface area contributed by atoms with Crippen LogP contribution in [0.5, 0.6) is 0 Å². The first-order valence-corrected chi connectivity index (χ1v) is 12.6. The van der Waals surface area contributed by atoms with Crippen LogP contribution in [0, 0.1) is 45.3 Å². The second-order valence-corrected chi connectivity index (χ2v) is 12.5. The molecule has 0 amide bonds. The molecule has 5 aliphatic carbocycles. The van der Waals surface area contributed by atoms with Crippen molar-refractivity contribution in [3.63, 3.8) is 0 Å². The van der Waals surface area contributed by atoms with E-state index in [1.54, 1.807) is 12.0 Å². The van der Waals surface area contributed by atoms with Crippen LogP contribution >= 0.6 is 0 Å². The predicted octanol–water partition coefficient (Wildman–Crippen LogP) is 8.58. The van der Waals surface area contributed by atoms with Crippen molar-refractivity contribution in [1.29, 1.82) is 0 Å². The van der Waals surface area contributed by atoms with Gasteiger partial charge in [0.1, 0.15) is 0 Å². The summed E-state index contributed by atoms with van der Waals surface area (Å²) in [5.41, 5.74) is 6.06. The van der Waals surface area contributed by atoms with Crippen LogP contribution in [0.25, 0.3) is 0 Å². The first kappa shape index (κ1) is 19.4. The molecule has 0 aliphatic heterocycles. The Morgan fingerprint density at radius 3 is 2.61 bits per heavy atom. The number of rotatable bonds is 2. The van der Waals surface area contributed by atoms with E-state index >= 15 is 0 Å². The second kappa shape index (κ2) is 6.01. The zero-order valence-corrected chi connectivity index (χ0v) is 19.5. The van der Waals surface area contributed by atoms with E-state index in [1.165, 1.54) is 57.8 Å². The summed E-state index contributed by atoms with van der Waals surface area (Å²) in [5.74, 6) is 3.65. The van der Waals surface area contributed by atoms with E-state index in [-0.39, 0.29) is 1.43 Å². The maximum absolute atomic E-state index is 2.80. The summed E-state index contributed by atoms with van der Waals surface area (Å²) in [6.07, 6.45) is 19.9. The van der Waals surface area contributed by atoms with Crippen LogP contribution in [-0.4, -0.2) is 0 Å². The third-order valence-electron chi connectivity index (χ3n) is 11.9.